The summed E-state index contributed by atoms with van der Waals surface area (Å²) in [6.45, 7) is 59.5. The molecule has 0 aliphatic carbocycles. The van der Waals surface area contributed by atoms with E-state index in [1.54, 1.807) is 12.2 Å². The van der Waals surface area contributed by atoms with Crippen molar-refractivity contribution in [2.45, 2.75) is 270 Å². The summed E-state index contributed by atoms with van der Waals surface area (Å²) in [7, 11) is 0. The van der Waals surface area contributed by atoms with Gasteiger partial charge in [-0.25, -0.2) is 0 Å². The molecule has 0 radical (unpaired) electrons. The van der Waals surface area contributed by atoms with Gasteiger partial charge in [-0.1, -0.05) is 151 Å². The van der Waals surface area contributed by atoms with E-state index in [2.05, 4.69) is 52.2 Å². The van der Waals surface area contributed by atoms with Crippen LogP contribution in [0.3, 0.4) is 0 Å². The van der Waals surface area contributed by atoms with Crippen molar-refractivity contribution in [3.05, 3.63) is 36.0 Å². The van der Waals surface area contributed by atoms with Gasteiger partial charge in [0.25, 0.3) is 11.8 Å². The minimum absolute atomic E-state index is 0.00347. The Morgan fingerprint density at radius 2 is 0.893 bits per heavy atom. The van der Waals surface area contributed by atoms with E-state index < -0.39 is 0 Å². The second kappa shape index (κ2) is 43.5. The molecule has 2 N–H and O–H groups in total. The minimum Gasteiger partial charge on any atom is -0.354 e. The second-order valence-electron chi connectivity index (χ2n) is 27.4. The Labute approximate surface area is 512 Å². The molecule has 0 aromatic rings. The Kier molecular flexibility index (Phi) is 44.2. The van der Waals surface area contributed by atoms with Crippen LogP contribution in [-0.2, 0) is 47.9 Å². The molecule has 0 aromatic heterocycles. The van der Waals surface area contributed by atoms with E-state index in [9.17, 15) is 47.9 Å². The Morgan fingerprint density at radius 1 is 0.488 bits per heavy atom. The van der Waals surface area contributed by atoms with E-state index in [1.807, 2.05) is 178 Å². The number of hydrogen-bond acceptors (Lipinski definition) is 10. The van der Waals surface area contributed by atoms with Gasteiger partial charge >= 0.3 is 0 Å². The van der Waals surface area contributed by atoms with Gasteiger partial charge in [0.05, 0.1) is 11.8 Å². The number of amides is 8. The smallest absolute Gasteiger partial charge is 0.257 e. The molecule has 3 aliphatic rings. The van der Waals surface area contributed by atoms with Crippen molar-refractivity contribution < 1.29 is 47.9 Å². The summed E-state index contributed by atoms with van der Waals surface area (Å²) in [5.74, 6) is 3.56. The normalized spacial score (nSPS) is 17.1. The zero-order chi connectivity index (χ0) is 67.0. The number of nitrogens with zero attached hydrogens (tertiary/aromatic N) is 3. The fourth-order valence-corrected chi connectivity index (χ4v) is 8.42. The first-order valence-corrected chi connectivity index (χ1v) is 31.6. The number of imide groups is 3. The molecule has 0 aromatic carbocycles. The molecule has 3 unspecified atom stereocenters. The maximum absolute atomic E-state index is 12.2. The van der Waals surface area contributed by atoms with Crippen LogP contribution in [0, 0.1) is 76.9 Å². The maximum atomic E-state index is 12.2. The van der Waals surface area contributed by atoms with Gasteiger partial charge in [0.2, 0.25) is 35.4 Å². The lowest BCUT2D eigenvalue weighted by atomic mass is 9.79. The van der Waals surface area contributed by atoms with Crippen LogP contribution in [-0.4, -0.2) is 104 Å². The molecule has 15 heteroatoms. The van der Waals surface area contributed by atoms with Crippen LogP contribution >= 0.6 is 0 Å². The highest BCUT2D eigenvalue weighted by molar-refractivity contribution is 6.16. The van der Waals surface area contributed by atoms with Crippen molar-refractivity contribution in [3.63, 3.8) is 0 Å². The van der Waals surface area contributed by atoms with Crippen molar-refractivity contribution >= 4 is 58.8 Å². The van der Waals surface area contributed by atoms with Gasteiger partial charge in [-0.2, -0.15) is 0 Å². The molecule has 15 nitrogen and oxygen atoms in total. The van der Waals surface area contributed by atoms with Crippen molar-refractivity contribution in [1.29, 1.82) is 0 Å². The number of hydrogen-bond donors (Lipinski definition) is 2. The Hall–Kier alpha value is -5.08. The van der Waals surface area contributed by atoms with Crippen LogP contribution < -0.4 is 10.6 Å². The predicted molar refractivity (Wildman–Crippen MR) is 346 cm³/mol. The number of nitrogens with one attached hydrogen (secondary N) is 2. The van der Waals surface area contributed by atoms with Gasteiger partial charge in [-0.15, -0.1) is 0 Å². The van der Waals surface area contributed by atoms with E-state index in [0.29, 0.717) is 47.9 Å². The lowest BCUT2D eigenvalue weighted by Gasteiger charge is -2.21. The van der Waals surface area contributed by atoms with Crippen molar-refractivity contribution in [3.8, 4) is 0 Å². The third-order valence-corrected chi connectivity index (χ3v) is 13.3. The van der Waals surface area contributed by atoms with E-state index in [4.69, 9.17) is 0 Å². The lowest BCUT2D eigenvalue weighted by molar-refractivity contribution is -0.143. The zero-order valence-electron chi connectivity index (χ0n) is 58.7. The average molecular weight is 1180 g/mol. The van der Waals surface area contributed by atoms with Gasteiger partial charge in [0.15, 0.2) is 5.78 Å². The zero-order valence-corrected chi connectivity index (χ0v) is 58.7. The molecule has 3 rings (SSSR count). The highest BCUT2D eigenvalue weighted by Crippen LogP contribution is 2.37. The maximum Gasteiger partial charge on any atom is 0.257 e. The average Bonchev–Trinajstić information content (AvgIpc) is 4.19. The third-order valence-electron chi connectivity index (χ3n) is 13.3. The molecular formula is C69H125N5O10. The third kappa shape index (κ3) is 36.0. The summed E-state index contributed by atoms with van der Waals surface area (Å²) < 4.78 is 0. The monoisotopic (exact) mass is 1180 g/mol. The number of allylic oxidation sites excluding steroid dienone is 3. The summed E-state index contributed by atoms with van der Waals surface area (Å²) >= 11 is 0. The molecule has 3 aliphatic heterocycles. The molecule has 0 saturated carbocycles. The fraction of sp³-hybridized carbons (Fsp3) is 0.768. The Bertz CT molecular complexity index is 2090. The number of Topliss-reactive ketones (excluding diaryl/α,β-unsaturated/α-hetero) is 1. The minimum atomic E-state index is -0.177. The lowest BCUT2D eigenvalue weighted by Crippen LogP contribution is -2.37. The van der Waals surface area contributed by atoms with Crippen molar-refractivity contribution in [1.82, 2.24) is 25.3 Å². The van der Waals surface area contributed by atoms with Crippen LogP contribution in [0.15, 0.2) is 36.0 Å². The number of likely N-dealkylation sites (tertiary alicyclic amines) is 2. The van der Waals surface area contributed by atoms with Crippen molar-refractivity contribution in [2.75, 3.05) is 0 Å². The summed E-state index contributed by atoms with van der Waals surface area (Å²) in [5.41, 5.74) is 0.624. The first-order chi connectivity index (χ1) is 38.3. The van der Waals surface area contributed by atoms with Gasteiger partial charge in [0, 0.05) is 78.9 Å². The molecule has 0 bridgehead atoms. The van der Waals surface area contributed by atoms with Gasteiger partial charge in [-0.05, 0) is 142 Å². The largest absolute Gasteiger partial charge is 0.354 e. The topological polar surface area (TPSA) is 204 Å². The van der Waals surface area contributed by atoms with Crippen LogP contribution in [0.4, 0.5) is 0 Å². The molecular weight excluding hydrogens is 1060 g/mol. The van der Waals surface area contributed by atoms with Crippen molar-refractivity contribution in [2.24, 2.45) is 76.9 Å². The molecule has 3 atom stereocenters. The quantitative estimate of drug-likeness (QED) is 0.0822. The van der Waals surface area contributed by atoms with E-state index in [1.165, 1.54) is 20.8 Å². The first kappa shape index (κ1) is 85.4. The molecule has 486 valence electrons. The molecule has 2 saturated heterocycles. The summed E-state index contributed by atoms with van der Waals surface area (Å²) in [4.78, 5) is 119. The van der Waals surface area contributed by atoms with Crippen LogP contribution in [0.25, 0.3) is 0 Å². The summed E-state index contributed by atoms with van der Waals surface area (Å²) in [6.07, 6.45) is 12.4. The van der Waals surface area contributed by atoms with Crippen LogP contribution in [0.5, 0.6) is 0 Å². The number of carbonyl (C=O) groups is 10. The standard InChI is InChI=1S/C13H23NO2.C10H17NO2.C10H15NO2.C9H19NO.C9H17NO.C9H18O.C9H16O/c1-7(2)10-11(8(3)4)13(16)14(9(5)6)12(10)15;2*1-6(2)8-5-9(12)11(7(3)4)10(8)13;2*1-7(2)5-6-9(11)10-8(3)4;2*1-7(2)5-6-9(10)8(3)4/h7-11H,1-6H3;6-8H,5H2,1-4H3;5-7H,1-4H3;7-8H,5-6H2,1-4H3,(H,10,11);5-8H,1-4H3,(H,10,11);7-8H,5-6H2,1-4H3;5-8H,1-4H3. The SMILES string of the molecule is CC(C)C1=CC(=O)N(C(C)C)C1=O.CC(C)C1C(=O)N(C(C)C)C(=O)C1C(C)C.CC(C)C1CC(=O)N(C(C)C)C1=O.CC(C)C=CC(=O)C(C)C.CC(C)C=CC(=O)NC(C)C.CC(C)CCC(=O)C(C)C.CC(C)CCC(=O)NC(C)C. The molecule has 84 heavy (non-hydrogen) atoms. The summed E-state index contributed by atoms with van der Waals surface area (Å²) in [5, 5.41) is 5.63. The van der Waals surface area contributed by atoms with Gasteiger partial charge in [0.1, 0.15) is 5.78 Å². The van der Waals surface area contributed by atoms with E-state index in [-0.39, 0.29) is 137 Å². The number of rotatable bonds is 21. The highest BCUT2D eigenvalue weighted by atomic mass is 16.2. The summed E-state index contributed by atoms with van der Waals surface area (Å²) in [6, 6.07) is 0.426. The Balaban J connectivity index is -0.000000447. The molecule has 8 amide bonds. The van der Waals surface area contributed by atoms with E-state index >= 15 is 0 Å². The predicted octanol–water partition coefficient (Wildman–Crippen LogP) is 13.8. The van der Waals surface area contributed by atoms with Gasteiger partial charge < -0.3 is 10.6 Å². The molecule has 0 spiro atoms. The number of carbonyl (C=O) groups excluding carboxylic acids is 10. The fourth-order valence-electron chi connectivity index (χ4n) is 8.42. The molecule has 3 heterocycles. The van der Waals surface area contributed by atoms with E-state index in [0.717, 1.165) is 19.3 Å². The second-order valence-corrected chi connectivity index (χ2v) is 27.4. The van der Waals surface area contributed by atoms with Crippen LogP contribution in [0.1, 0.15) is 240 Å². The first-order valence-electron chi connectivity index (χ1n) is 31.6. The van der Waals surface area contributed by atoms with Crippen LogP contribution in [0.2, 0.25) is 0 Å². The van der Waals surface area contributed by atoms with Gasteiger partial charge in [-0.3, -0.25) is 62.6 Å². The number of ketones is 2. The Morgan fingerprint density at radius 3 is 1.17 bits per heavy atom. The molecule has 2 fully saturated rings. The highest BCUT2D eigenvalue weighted by Gasteiger charge is 2.50.